The smallest absolute Gasteiger partial charge is 0.348 e. The summed E-state index contributed by atoms with van der Waals surface area (Å²) >= 11 is 3.31. The summed E-state index contributed by atoms with van der Waals surface area (Å²) in [5, 5.41) is 0. The van der Waals surface area contributed by atoms with Crippen LogP contribution in [0.15, 0.2) is 22.2 Å². The number of cyclic esters (lactones) is 2. The van der Waals surface area contributed by atoms with Gasteiger partial charge in [0.25, 0.3) is 5.79 Å². The molecule has 0 atom stereocenters. The molecule has 8 nitrogen and oxygen atoms in total. The molecule has 1 aromatic carbocycles. The molecule has 2 rings (SSSR count). The molecular formula is C17H17BrO8. The summed E-state index contributed by atoms with van der Waals surface area (Å²) in [6.45, 7) is 2.62. The molecule has 0 spiro atoms. The van der Waals surface area contributed by atoms with E-state index in [0.717, 1.165) is 0 Å². The fourth-order valence-electron chi connectivity index (χ4n) is 2.10. The zero-order chi connectivity index (χ0) is 19.5. The van der Waals surface area contributed by atoms with Gasteiger partial charge in [0.1, 0.15) is 5.57 Å². The van der Waals surface area contributed by atoms with Gasteiger partial charge in [0, 0.05) is 13.8 Å². The molecule has 0 saturated carbocycles. The normalized spacial score (nSPS) is 15.7. The summed E-state index contributed by atoms with van der Waals surface area (Å²) in [6.07, 6.45) is 1.32. The van der Waals surface area contributed by atoms with Crippen molar-refractivity contribution in [3.8, 4) is 11.5 Å². The Morgan fingerprint density at radius 2 is 1.81 bits per heavy atom. The number of halogens is 1. The van der Waals surface area contributed by atoms with E-state index in [9.17, 15) is 14.4 Å². The summed E-state index contributed by atoms with van der Waals surface area (Å²) in [4.78, 5) is 35.3. The number of hydrogen-bond donors (Lipinski definition) is 0. The average Bonchev–Trinajstić information content (AvgIpc) is 2.55. The molecule has 0 aromatic heterocycles. The monoisotopic (exact) mass is 428 g/mol. The van der Waals surface area contributed by atoms with Gasteiger partial charge in [0.15, 0.2) is 18.1 Å². The summed E-state index contributed by atoms with van der Waals surface area (Å²) in [6, 6.07) is 3.12. The van der Waals surface area contributed by atoms with E-state index in [0.29, 0.717) is 10.0 Å². The molecule has 1 saturated heterocycles. The number of methoxy groups -OCH3 is 2. The van der Waals surface area contributed by atoms with Crippen LogP contribution in [0.25, 0.3) is 6.08 Å². The van der Waals surface area contributed by atoms with Crippen LogP contribution in [0, 0.1) is 0 Å². The van der Waals surface area contributed by atoms with Gasteiger partial charge in [-0.25, -0.2) is 14.4 Å². The lowest BCUT2D eigenvalue weighted by Crippen LogP contribution is -2.41. The summed E-state index contributed by atoms with van der Waals surface area (Å²) in [5.41, 5.74) is 0.212. The zero-order valence-corrected chi connectivity index (χ0v) is 16.2. The minimum absolute atomic E-state index is 0.249. The third-order valence-electron chi connectivity index (χ3n) is 3.24. The van der Waals surface area contributed by atoms with Crippen LogP contribution in [0.4, 0.5) is 0 Å². The molecule has 1 aliphatic heterocycles. The predicted octanol–water partition coefficient (Wildman–Crippen LogP) is 2.23. The Morgan fingerprint density at radius 3 is 2.35 bits per heavy atom. The maximum atomic E-state index is 12.0. The fourth-order valence-corrected chi connectivity index (χ4v) is 2.67. The lowest BCUT2D eigenvalue weighted by molar-refractivity contribution is -0.222. The Kier molecular flexibility index (Phi) is 5.91. The topological polar surface area (TPSA) is 97.4 Å². The Morgan fingerprint density at radius 1 is 1.19 bits per heavy atom. The van der Waals surface area contributed by atoms with Gasteiger partial charge in [-0.2, -0.15) is 0 Å². The van der Waals surface area contributed by atoms with Gasteiger partial charge >= 0.3 is 17.9 Å². The van der Waals surface area contributed by atoms with Gasteiger partial charge in [0.2, 0.25) is 0 Å². The van der Waals surface area contributed by atoms with Crippen LogP contribution >= 0.6 is 15.9 Å². The number of benzene rings is 1. The van der Waals surface area contributed by atoms with Crippen molar-refractivity contribution in [2.45, 2.75) is 19.6 Å². The van der Waals surface area contributed by atoms with Crippen LogP contribution in [-0.2, 0) is 28.6 Å². The number of carbonyl (C=O) groups is 3. The third kappa shape index (κ3) is 4.54. The fraction of sp³-hybridized carbons (Fsp3) is 0.353. The standard InChI is InChI=1S/C17H17BrO8/c1-17(2)25-15(20)10(16(21)26-17)5-9-6-11(18)14(12(7-9)22-3)24-8-13(19)23-4/h5-7H,8H2,1-4H3. The molecule has 0 aliphatic carbocycles. The minimum Gasteiger partial charge on any atom is -0.493 e. The first kappa shape index (κ1) is 19.8. The zero-order valence-electron chi connectivity index (χ0n) is 14.6. The number of ether oxygens (including phenoxy) is 5. The van der Waals surface area contributed by atoms with Crippen molar-refractivity contribution < 1.29 is 38.1 Å². The number of hydrogen-bond acceptors (Lipinski definition) is 8. The quantitative estimate of drug-likeness (QED) is 0.400. The summed E-state index contributed by atoms with van der Waals surface area (Å²) in [5.74, 6) is -2.88. The molecule has 0 radical (unpaired) electrons. The Bertz CT molecular complexity index is 759. The molecule has 9 heteroatoms. The van der Waals surface area contributed by atoms with E-state index in [2.05, 4.69) is 20.7 Å². The lowest BCUT2D eigenvalue weighted by Gasteiger charge is -2.29. The van der Waals surface area contributed by atoms with Crippen molar-refractivity contribution in [2.24, 2.45) is 0 Å². The molecule has 0 N–H and O–H groups in total. The van der Waals surface area contributed by atoms with Crippen molar-refractivity contribution in [3.05, 3.63) is 27.7 Å². The highest BCUT2D eigenvalue weighted by Gasteiger charge is 2.38. The van der Waals surface area contributed by atoms with Gasteiger partial charge in [0.05, 0.1) is 18.7 Å². The molecule has 0 bridgehead atoms. The number of rotatable bonds is 5. The van der Waals surface area contributed by atoms with E-state index in [1.165, 1.54) is 40.2 Å². The van der Waals surface area contributed by atoms with E-state index >= 15 is 0 Å². The second-order valence-electron chi connectivity index (χ2n) is 5.64. The number of esters is 3. The van der Waals surface area contributed by atoms with Crippen LogP contribution in [0.1, 0.15) is 19.4 Å². The van der Waals surface area contributed by atoms with E-state index in [4.69, 9.17) is 18.9 Å². The van der Waals surface area contributed by atoms with Crippen LogP contribution < -0.4 is 9.47 Å². The highest BCUT2D eigenvalue weighted by atomic mass is 79.9. The van der Waals surface area contributed by atoms with Crippen molar-refractivity contribution in [2.75, 3.05) is 20.8 Å². The highest BCUT2D eigenvalue weighted by molar-refractivity contribution is 9.10. The van der Waals surface area contributed by atoms with Crippen molar-refractivity contribution in [1.82, 2.24) is 0 Å². The molecule has 1 heterocycles. The SMILES string of the molecule is COC(=O)COc1c(Br)cc(C=C2C(=O)OC(C)(C)OC2=O)cc1OC. The molecule has 1 aliphatic rings. The average molecular weight is 429 g/mol. The van der Waals surface area contributed by atoms with Gasteiger partial charge in [-0.05, 0) is 39.7 Å². The van der Waals surface area contributed by atoms with Gasteiger partial charge < -0.3 is 23.7 Å². The maximum Gasteiger partial charge on any atom is 0.348 e. The Hall–Kier alpha value is -2.55. The summed E-state index contributed by atoms with van der Waals surface area (Å²) in [7, 11) is 2.66. The molecule has 0 unspecified atom stereocenters. The maximum absolute atomic E-state index is 12.0. The van der Waals surface area contributed by atoms with E-state index in [-0.39, 0.29) is 23.7 Å². The first-order valence-electron chi connectivity index (χ1n) is 7.42. The lowest BCUT2D eigenvalue weighted by atomic mass is 10.1. The molecular weight excluding hydrogens is 412 g/mol. The van der Waals surface area contributed by atoms with Gasteiger partial charge in [-0.15, -0.1) is 0 Å². The first-order valence-corrected chi connectivity index (χ1v) is 8.21. The van der Waals surface area contributed by atoms with Crippen LogP contribution in [-0.4, -0.2) is 44.5 Å². The molecule has 26 heavy (non-hydrogen) atoms. The van der Waals surface area contributed by atoms with Crippen LogP contribution in [0.2, 0.25) is 0 Å². The Balaban J connectivity index is 2.34. The van der Waals surface area contributed by atoms with Crippen LogP contribution in [0.3, 0.4) is 0 Å². The molecule has 1 aromatic rings. The molecule has 1 fully saturated rings. The largest absolute Gasteiger partial charge is 0.493 e. The van der Waals surface area contributed by atoms with E-state index in [1.807, 2.05) is 0 Å². The van der Waals surface area contributed by atoms with Crippen molar-refractivity contribution in [3.63, 3.8) is 0 Å². The molecule has 0 amide bonds. The summed E-state index contributed by atoms with van der Waals surface area (Å²) < 4.78 is 25.7. The second-order valence-corrected chi connectivity index (χ2v) is 6.49. The van der Waals surface area contributed by atoms with Crippen LogP contribution in [0.5, 0.6) is 11.5 Å². The second kappa shape index (κ2) is 7.77. The third-order valence-corrected chi connectivity index (χ3v) is 3.83. The van der Waals surface area contributed by atoms with Gasteiger partial charge in [-0.3, -0.25) is 0 Å². The van der Waals surface area contributed by atoms with Crippen molar-refractivity contribution in [1.29, 1.82) is 0 Å². The minimum atomic E-state index is -1.31. The first-order chi connectivity index (χ1) is 12.2. The Labute approximate surface area is 158 Å². The highest BCUT2D eigenvalue weighted by Crippen LogP contribution is 2.37. The van der Waals surface area contributed by atoms with Gasteiger partial charge in [-0.1, -0.05) is 0 Å². The van der Waals surface area contributed by atoms with E-state index < -0.39 is 23.7 Å². The van der Waals surface area contributed by atoms with E-state index in [1.54, 1.807) is 6.07 Å². The van der Waals surface area contributed by atoms with Crippen molar-refractivity contribution >= 4 is 39.9 Å². The predicted molar refractivity (Wildman–Crippen MR) is 92.4 cm³/mol. The number of carbonyl (C=O) groups excluding carboxylic acids is 3. The molecule has 140 valence electrons.